The number of carbonyl (C=O) groups is 1. The third kappa shape index (κ3) is 2.59. The number of aliphatic hydroxyl groups excluding tert-OH is 1. The Morgan fingerprint density at radius 3 is 2.56 bits per heavy atom. The van der Waals surface area contributed by atoms with Crippen LogP contribution >= 0.6 is 0 Å². The number of carboxylic acid groups (broad SMARTS) is 1. The summed E-state index contributed by atoms with van der Waals surface area (Å²) in [5.74, 6) is -0.959. The summed E-state index contributed by atoms with van der Waals surface area (Å²) in [7, 11) is 1.74. The normalized spacial score (nSPS) is 12.5. The molecule has 88 valence electrons. The second-order valence-electron chi connectivity index (χ2n) is 3.89. The molecule has 0 aliphatic rings. The lowest BCUT2D eigenvalue weighted by molar-refractivity contribution is 0.0695. The maximum absolute atomic E-state index is 11.0. The fraction of sp³-hybridized carbons (Fsp3) is 0.417. The van der Waals surface area contributed by atoms with E-state index in [9.17, 15) is 9.90 Å². The van der Waals surface area contributed by atoms with E-state index in [0.717, 1.165) is 11.1 Å². The van der Waals surface area contributed by atoms with Gasteiger partial charge in [-0.15, -0.1) is 0 Å². The van der Waals surface area contributed by atoms with Crippen LogP contribution in [0, 0.1) is 13.8 Å². The molecule has 4 nitrogen and oxygen atoms in total. The Morgan fingerprint density at radius 2 is 2.06 bits per heavy atom. The largest absolute Gasteiger partial charge is 0.478 e. The van der Waals surface area contributed by atoms with E-state index in [0.29, 0.717) is 12.1 Å². The molecule has 1 aromatic carbocycles. The number of carboxylic acids is 1. The first-order valence-electron chi connectivity index (χ1n) is 5.14. The lowest BCUT2D eigenvalue weighted by atomic mass is 9.97. The van der Waals surface area contributed by atoms with Crippen molar-refractivity contribution in [2.75, 3.05) is 13.6 Å². The number of hydrogen-bond acceptors (Lipinski definition) is 3. The Hall–Kier alpha value is -1.39. The highest BCUT2D eigenvalue weighted by Gasteiger charge is 2.14. The molecular formula is C12H17NO3. The minimum absolute atomic E-state index is 0.255. The molecule has 1 aromatic rings. The quantitative estimate of drug-likeness (QED) is 0.718. The molecule has 0 aliphatic carbocycles. The van der Waals surface area contributed by atoms with Gasteiger partial charge in [-0.2, -0.15) is 0 Å². The van der Waals surface area contributed by atoms with Crippen molar-refractivity contribution in [3.63, 3.8) is 0 Å². The highest BCUT2D eigenvalue weighted by Crippen LogP contribution is 2.21. The minimum Gasteiger partial charge on any atom is -0.478 e. The molecule has 0 spiro atoms. The first-order valence-corrected chi connectivity index (χ1v) is 5.14. The molecule has 0 bridgehead atoms. The van der Waals surface area contributed by atoms with Gasteiger partial charge in [0.15, 0.2) is 0 Å². The van der Waals surface area contributed by atoms with E-state index < -0.39 is 12.1 Å². The second kappa shape index (κ2) is 5.09. The number of rotatable bonds is 4. The van der Waals surface area contributed by atoms with Crippen molar-refractivity contribution in [1.29, 1.82) is 0 Å². The van der Waals surface area contributed by atoms with Gasteiger partial charge in [-0.3, -0.25) is 0 Å². The number of hydrogen-bond donors (Lipinski definition) is 3. The van der Waals surface area contributed by atoms with Crippen LogP contribution in [0.25, 0.3) is 0 Å². The van der Waals surface area contributed by atoms with Crippen LogP contribution in [0.4, 0.5) is 0 Å². The Kier molecular flexibility index (Phi) is 4.04. The molecule has 0 heterocycles. The first kappa shape index (κ1) is 12.7. The van der Waals surface area contributed by atoms with Gasteiger partial charge < -0.3 is 15.5 Å². The zero-order valence-corrected chi connectivity index (χ0v) is 9.74. The summed E-state index contributed by atoms with van der Waals surface area (Å²) in [6, 6.07) is 3.36. The van der Waals surface area contributed by atoms with Gasteiger partial charge in [0, 0.05) is 6.54 Å². The number of aryl methyl sites for hydroxylation is 1. The summed E-state index contributed by atoms with van der Waals surface area (Å²) >= 11 is 0. The fourth-order valence-corrected chi connectivity index (χ4v) is 1.61. The summed E-state index contributed by atoms with van der Waals surface area (Å²) < 4.78 is 0. The van der Waals surface area contributed by atoms with Gasteiger partial charge in [0.05, 0.1) is 11.7 Å². The monoisotopic (exact) mass is 223 g/mol. The Morgan fingerprint density at radius 1 is 1.44 bits per heavy atom. The van der Waals surface area contributed by atoms with E-state index in [1.807, 2.05) is 13.0 Å². The van der Waals surface area contributed by atoms with E-state index in [-0.39, 0.29) is 5.56 Å². The molecule has 0 fully saturated rings. The molecule has 0 aliphatic heterocycles. The van der Waals surface area contributed by atoms with E-state index in [4.69, 9.17) is 5.11 Å². The smallest absolute Gasteiger partial charge is 0.335 e. The standard InChI is InChI=1S/C12H17NO3/c1-7-4-9(11(14)6-13-3)5-10(8(7)2)12(15)16/h4-5,11,13-14H,6H2,1-3H3,(H,15,16). The van der Waals surface area contributed by atoms with Crippen LogP contribution in [0.1, 0.15) is 33.2 Å². The van der Waals surface area contributed by atoms with E-state index >= 15 is 0 Å². The summed E-state index contributed by atoms with van der Waals surface area (Å²) in [6.45, 7) is 4.02. The number of aliphatic hydroxyl groups is 1. The lowest BCUT2D eigenvalue weighted by Crippen LogP contribution is -2.17. The molecule has 0 amide bonds. The maximum atomic E-state index is 11.0. The average molecular weight is 223 g/mol. The van der Waals surface area contributed by atoms with Crippen molar-refractivity contribution >= 4 is 5.97 Å². The maximum Gasteiger partial charge on any atom is 0.335 e. The molecular weight excluding hydrogens is 206 g/mol. The molecule has 0 saturated carbocycles. The van der Waals surface area contributed by atoms with E-state index in [1.54, 1.807) is 14.0 Å². The topological polar surface area (TPSA) is 69.6 Å². The molecule has 4 heteroatoms. The molecule has 3 N–H and O–H groups in total. The third-order valence-corrected chi connectivity index (χ3v) is 2.70. The molecule has 0 saturated heterocycles. The highest BCUT2D eigenvalue weighted by molar-refractivity contribution is 5.90. The predicted molar refractivity (Wildman–Crippen MR) is 61.8 cm³/mol. The summed E-state index contributed by atoms with van der Waals surface area (Å²) in [5.41, 5.74) is 2.51. The van der Waals surface area contributed by atoms with Crippen molar-refractivity contribution in [2.45, 2.75) is 20.0 Å². The highest BCUT2D eigenvalue weighted by atomic mass is 16.4. The lowest BCUT2D eigenvalue weighted by Gasteiger charge is -2.14. The van der Waals surface area contributed by atoms with Gasteiger partial charge in [-0.1, -0.05) is 6.07 Å². The zero-order valence-electron chi connectivity index (χ0n) is 9.74. The van der Waals surface area contributed by atoms with Crippen molar-refractivity contribution in [3.05, 3.63) is 34.4 Å². The number of aromatic carboxylic acids is 1. The van der Waals surface area contributed by atoms with Gasteiger partial charge in [0.1, 0.15) is 0 Å². The molecule has 1 unspecified atom stereocenters. The average Bonchev–Trinajstić information content (AvgIpc) is 2.21. The zero-order chi connectivity index (χ0) is 12.3. The van der Waals surface area contributed by atoms with Crippen LogP contribution in [0.15, 0.2) is 12.1 Å². The van der Waals surface area contributed by atoms with Crippen LogP contribution in [-0.2, 0) is 0 Å². The first-order chi connectivity index (χ1) is 7.47. The minimum atomic E-state index is -0.959. The number of benzene rings is 1. The van der Waals surface area contributed by atoms with Crippen LogP contribution in [0.5, 0.6) is 0 Å². The van der Waals surface area contributed by atoms with Crippen LogP contribution in [0.3, 0.4) is 0 Å². The molecule has 0 aromatic heterocycles. The van der Waals surface area contributed by atoms with Crippen LogP contribution < -0.4 is 5.32 Å². The van der Waals surface area contributed by atoms with Gasteiger partial charge in [-0.05, 0) is 43.7 Å². The van der Waals surface area contributed by atoms with Gasteiger partial charge >= 0.3 is 5.97 Å². The van der Waals surface area contributed by atoms with Gasteiger partial charge in [0.2, 0.25) is 0 Å². The number of nitrogens with one attached hydrogen (secondary N) is 1. The molecule has 1 rings (SSSR count). The Balaban J connectivity index is 3.18. The van der Waals surface area contributed by atoms with Crippen molar-refractivity contribution in [1.82, 2.24) is 5.32 Å². The van der Waals surface area contributed by atoms with Crippen LogP contribution in [-0.4, -0.2) is 29.8 Å². The summed E-state index contributed by atoms with van der Waals surface area (Å²) in [5, 5.41) is 21.7. The van der Waals surface area contributed by atoms with E-state index in [2.05, 4.69) is 5.32 Å². The van der Waals surface area contributed by atoms with Crippen molar-refractivity contribution in [3.8, 4) is 0 Å². The Labute approximate surface area is 94.9 Å². The second-order valence-corrected chi connectivity index (χ2v) is 3.89. The van der Waals surface area contributed by atoms with Crippen molar-refractivity contribution < 1.29 is 15.0 Å². The summed E-state index contributed by atoms with van der Waals surface area (Å²) in [6.07, 6.45) is -0.678. The molecule has 0 radical (unpaired) electrons. The predicted octanol–water partition coefficient (Wildman–Crippen LogP) is 1.25. The fourth-order valence-electron chi connectivity index (χ4n) is 1.61. The van der Waals surface area contributed by atoms with Crippen LogP contribution in [0.2, 0.25) is 0 Å². The SMILES string of the molecule is CNCC(O)c1cc(C)c(C)c(C(=O)O)c1. The van der Waals surface area contributed by atoms with E-state index in [1.165, 1.54) is 6.07 Å². The molecule has 1 atom stereocenters. The summed E-state index contributed by atoms with van der Waals surface area (Å²) in [4.78, 5) is 11.0. The third-order valence-electron chi connectivity index (χ3n) is 2.70. The molecule has 16 heavy (non-hydrogen) atoms. The van der Waals surface area contributed by atoms with Gasteiger partial charge in [0.25, 0.3) is 0 Å². The van der Waals surface area contributed by atoms with Crippen molar-refractivity contribution in [2.24, 2.45) is 0 Å². The number of likely N-dealkylation sites (N-methyl/N-ethyl adjacent to an activating group) is 1. The Bertz CT molecular complexity index is 401. The van der Waals surface area contributed by atoms with Gasteiger partial charge in [-0.25, -0.2) is 4.79 Å².